The van der Waals surface area contributed by atoms with E-state index in [4.69, 9.17) is 4.74 Å². The van der Waals surface area contributed by atoms with Crippen molar-refractivity contribution in [3.05, 3.63) is 6.42 Å². The first-order valence-electron chi connectivity index (χ1n) is 4.78. The van der Waals surface area contributed by atoms with Crippen LogP contribution in [0.5, 0.6) is 0 Å². The molecule has 1 fully saturated rings. The van der Waals surface area contributed by atoms with Gasteiger partial charge in [0.05, 0.1) is 6.42 Å². The fraction of sp³-hybridized carbons (Fsp3) is 0.800. The summed E-state index contributed by atoms with van der Waals surface area (Å²) in [6.45, 7) is 6.63. The van der Waals surface area contributed by atoms with Crippen molar-refractivity contribution in [1.29, 1.82) is 0 Å². The van der Waals surface area contributed by atoms with Gasteiger partial charge in [-0.3, -0.25) is 4.79 Å². The molecule has 75 valence electrons. The summed E-state index contributed by atoms with van der Waals surface area (Å²) in [5.41, 5.74) is -0.383. The zero-order valence-corrected chi connectivity index (χ0v) is 8.59. The van der Waals surface area contributed by atoms with Gasteiger partial charge in [0.15, 0.2) is 0 Å². The number of carbonyl (C=O) groups excluding carboxylic acids is 1. The van der Waals surface area contributed by atoms with Gasteiger partial charge in [-0.2, -0.15) is 0 Å². The normalized spacial score (nSPS) is 23.2. The molecule has 0 aromatic carbocycles. The summed E-state index contributed by atoms with van der Waals surface area (Å²) in [7, 11) is 0. The Labute approximate surface area is 79.8 Å². The number of esters is 1. The van der Waals surface area contributed by atoms with Crippen molar-refractivity contribution in [2.24, 2.45) is 0 Å². The van der Waals surface area contributed by atoms with E-state index in [0.29, 0.717) is 0 Å². The summed E-state index contributed by atoms with van der Waals surface area (Å²) < 4.78 is 5.17. The molecular weight excluding hydrogens is 166 g/mol. The monoisotopic (exact) mass is 184 g/mol. The molecule has 3 heteroatoms. The zero-order valence-electron chi connectivity index (χ0n) is 8.59. The van der Waals surface area contributed by atoms with Crippen LogP contribution >= 0.6 is 0 Å². The highest BCUT2D eigenvalue weighted by Gasteiger charge is 2.22. The fourth-order valence-corrected chi connectivity index (χ4v) is 1.35. The van der Waals surface area contributed by atoms with Crippen molar-refractivity contribution in [2.75, 3.05) is 6.54 Å². The predicted octanol–water partition coefficient (Wildman–Crippen LogP) is 1.28. The molecule has 0 bridgehead atoms. The molecule has 1 aliphatic rings. The Bertz CT molecular complexity index is 178. The van der Waals surface area contributed by atoms with Crippen molar-refractivity contribution < 1.29 is 9.53 Å². The minimum absolute atomic E-state index is 0.216. The second-order valence-electron chi connectivity index (χ2n) is 4.40. The lowest BCUT2D eigenvalue weighted by Crippen LogP contribution is -2.30. The van der Waals surface area contributed by atoms with Gasteiger partial charge in [0.2, 0.25) is 0 Å². The minimum atomic E-state index is -0.383. The van der Waals surface area contributed by atoms with E-state index in [-0.39, 0.29) is 17.6 Å². The Morgan fingerprint density at radius 2 is 2.23 bits per heavy atom. The van der Waals surface area contributed by atoms with E-state index in [9.17, 15) is 4.79 Å². The van der Waals surface area contributed by atoms with E-state index < -0.39 is 0 Å². The summed E-state index contributed by atoms with van der Waals surface area (Å²) in [6, 6.07) is 0.217. The van der Waals surface area contributed by atoms with Crippen LogP contribution in [0.3, 0.4) is 0 Å². The molecule has 0 spiro atoms. The van der Waals surface area contributed by atoms with Crippen molar-refractivity contribution in [3.8, 4) is 0 Å². The standard InChI is InChI=1S/C10H18NO2/c1-10(2,3)13-9(12)7-8-5-4-6-11-8/h7-8,11H,4-6H2,1-3H3/t8-/m0/s1. The first kappa shape index (κ1) is 10.5. The highest BCUT2D eigenvalue weighted by atomic mass is 16.6. The van der Waals surface area contributed by atoms with Crippen LogP contribution < -0.4 is 5.32 Å². The maximum Gasteiger partial charge on any atom is 0.311 e. The van der Waals surface area contributed by atoms with Crippen LogP contribution in [0.15, 0.2) is 0 Å². The third-order valence-electron chi connectivity index (χ3n) is 1.84. The van der Waals surface area contributed by atoms with Crippen LogP contribution in [-0.4, -0.2) is 24.2 Å². The third-order valence-corrected chi connectivity index (χ3v) is 1.84. The van der Waals surface area contributed by atoms with Crippen molar-refractivity contribution in [3.63, 3.8) is 0 Å². The lowest BCUT2D eigenvalue weighted by atomic mass is 10.1. The SMILES string of the molecule is CC(C)(C)OC(=O)[CH][C@@H]1CCCN1. The number of rotatable bonds is 2. The first-order valence-corrected chi connectivity index (χ1v) is 4.78. The van der Waals surface area contributed by atoms with Crippen LogP contribution in [0.2, 0.25) is 0 Å². The van der Waals surface area contributed by atoms with Gasteiger partial charge in [-0.05, 0) is 40.2 Å². The second kappa shape index (κ2) is 4.09. The van der Waals surface area contributed by atoms with Crippen LogP contribution in [0.4, 0.5) is 0 Å². The van der Waals surface area contributed by atoms with Crippen LogP contribution in [0.1, 0.15) is 33.6 Å². The Morgan fingerprint density at radius 1 is 1.54 bits per heavy atom. The van der Waals surface area contributed by atoms with E-state index >= 15 is 0 Å². The molecule has 1 N–H and O–H groups in total. The molecule has 0 aromatic heterocycles. The van der Waals surface area contributed by atoms with Gasteiger partial charge in [0.1, 0.15) is 5.60 Å². The van der Waals surface area contributed by atoms with E-state index in [1.807, 2.05) is 20.8 Å². The number of hydrogen-bond donors (Lipinski definition) is 1. The van der Waals surface area contributed by atoms with E-state index in [1.165, 1.54) is 0 Å². The van der Waals surface area contributed by atoms with Gasteiger partial charge in [-0.25, -0.2) is 0 Å². The quantitative estimate of drug-likeness (QED) is 0.657. The maximum atomic E-state index is 11.3. The minimum Gasteiger partial charge on any atom is -0.460 e. The summed E-state index contributed by atoms with van der Waals surface area (Å²) >= 11 is 0. The Hall–Kier alpha value is -0.570. The average molecular weight is 184 g/mol. The van der Waals surface area contributed by atoms with Gasteiger partial charge in [-0.15, -0.1) is 0 Å². The molecule has 1 radical (unpaired) electrons. The highest BCUT2D eigenvalue weighted by molar-refractivity contribution is 5.80. The number of ether oxygens (including phenoxy) is 1. The molecule has 1 saturated heterocycles. The van der Waals surface area contributed by atoms with Crippen LogP contribution in [0, 0.1) is 6.42 Å². The lowest BCUT2D eigenvalue weighted by Gasteiger charge is -2.20. The molecule has 1 atom stereocenters. The predicted molar refractivity (Wildman–Crippen MR) is 51.2 cm³/mol. The number of carbonyl (C=O) groups is 1. The van der Waals surface area contributed by atoms with Gasteiger partial charge in [0.25, 0.3) is 0 Å². The second-order valence-corrected chi connectivity index (χ2v) is 4.40. The van der Waals surface area contributed by atoms with Gasteiger partial charge >= 0.3 is 5.97 Å². The molecule has 1 heterocycles. The van der Waals surface area contributed by atoms with Gasteiger partial charge in [-0.1, -0.05) is 0 Å². The Morgan fingerprint density at radius 3 is 2.69 bits per heavy atom. The van der Waals surface area contributed by atoms with Crippen molar-refractivity contribution in [1.82, 2.24) is 5.32 Å². The van der Waals surface area contributed by atoms with Gasteiger partial charge < -0.3 is 10.1 Å². The molecular formula is C10H18NO2. The molecule has 1 aliphatic heterocycles. The summed E-state index contributed by atoms with van der Waals surface area (Å²) in [5.74, 6) is -0.216. The molecule has 0 unspecified atom stereocenters. The topological polar surface area (TPSA) is 38.3 Å². The Kier molecular flexibility index (Phi) is 3.31. The smallest absolute Gasteiger partial charge is 0.311 e. The van der Waals surface area contributed by atoms with Crippen molar-refractivity contribution in [2.45, 2.75) is 45.3 Å². The van der Waals surface area contributed by atoms with Crippen molar-refractivity contribution >= 4 is 5.97 Å². The van der Waals surface area contributed by atoms with Gasteiger partial charge in [0, 0.05) is 6.04 Å². The average Bonchev–Trinajstić information content (AvgIpc) is 2.34. The van der Waals surface area contributed by atoms with Crippen LogP contribution in [-0.2, 0) is 9.53 Å². The van der Waals surface area contributed by atoms with E-state index in [0.717, 1.165) is 19.4 Å². The lowest BCUT2D eigenvalue weighted by molar-refractivity contribution is -0.150. The maximum absolute atomic E-state index is 11.3. The molecule has 1 rings (SSSR count). The van der Waals surface area contributed by atoms with E-state index in [2.05, 4.69) is 5.32 Å². The largest absolute Gasteiger partial charge is 0.460 e. The summed E-state index contributed by atoms with van der Waals surface area (Å²) in [5, 5.41) is 3.22. The summed E-state index contributed by atoms with van der Waals surface area (Å²) in [4.78, 5) is 11.3. The molecule has 13 heavy (non-hydrogen) atoms. The number of hydrogen-bond acceptors (Lipinski definition) is 3. The Balaban J connectivity index is 2.24. The highest BCUT2D eigenvalue weighted by Crippen LogP contribution is 2.12. The first-order chi connectivity index (χ1) is 5.97. The molecule has 0 saturated carbocycles. The zero-order chi connectivity index (χ0) is 9.90. The molecule has 0 amide bonds. The fourth-order valence-electron chi connectivity index (χ4n) is 1.35. The third kappa shape index (κ3) is 4.27. The molecule has 0 aliphatic carbocycles. The molecule has 0 aromatic rings. The van der Waals surface area contributed by atoms with Crippen LogP contribution in [0.25, 0.3) is 0 Å². The number of nitrogens with one attached hydrogen (secondary N) is 1. The van der Waals surface area contributed by atoms with E-state index in [1.54, 1.807) is 6.42 Å². The molecule has 3 nitrogen and oxygen atoms in total. The summed E-state index contributed by atoms with van der Waals surface area (Å²) in [6.07, 6.45) is 3.82.